The van der Waals surface area contributed by atoms with E-state index in [-0.39, 0.29) is 18.3 Å². The quantitative estimate of drug-likeness (QED) is 0.222. The van der Waals surface area contributed by atoms with E-state index >= 15 is 0 Å². The number of hydrogen-bond acceptors (Lipinski definition) is 8. The summed E-state index contributed by atoms with van der Waals surface area (Å²) < 4.78 is 28.5. The van der Waals surface area contributed by atoms with Crippen LogP contribution in [0.15, 0.2) is 41.0 Å². The molecule has 2 aliphatic rings. The minimum absolute atomic E-state index is 0. The Morgan fingerprint density at radius 2 is 1.95 bits per heavy atom. The number of hydrogen-bond donors (Lipinski definition) is 6. The second-order valence-corrected chi connectivity index (χ2v) is 12.2. The first-order chi connectivity index (χ1) is 17.9. The van der Waals surface area contributed by atoms with E-state index in [0.717, 1.165) is 31.4 Å². The van der Waals surface area contributed by atoms with Crippen LogP contribution >= 0.6 is 23.2 Å². The molecule has 1 saturated heterocycles. The number of amides is 1. The number of carbonyl (C=O) groups is 1. The predicted molar refractivity (Wildman–Crippen MR) is 157 cm³/mol. The van der Waals surface area contributed by atoms with E-state index in [9.17, 15) is 19.0 Å². The number of aliphatic hydroxyl groups excluding tert-OH is 1. The molecule has 0 spiro atoms. The van der Waals surface area contributed by atoms with Gasteiger partial charge in [0.2, 0.25) is 0 Å². The number of aliphatic hydroxyl groups is 1. The molecule has 1 saturated carbocycles. The number of nitrogens with one attached hydrogen (secondary N) is 3. The molecule has 1 amide bonds. The van der Waals surface area contributed by atoms with E-state index in [1.807, 2.05) is 19.1 Å². The highest BCUT2D eigenvalue weighted by molar-refractivity contribution is 8.25. The first kappa shape index (κ1) is 30.6. The Morgan fingerprint density at radius 1 is 1.16 bits per heavy atom. The zero-order valence-corrected chi connectivity index (χ0v) is 23.7. The van der Waals surface area contributed by atoms with Crippen LogP contribution in [0.1, 0.15) is 68.0 Å². The molecule has 11 heteroatoms. The molecule has 6 N–H and O–H groups in total. The van der Waals surface area contributed by atoms with Crippen molar-refractivity contribution < 1.29 is 23.4 Å². The lowest BCUT2D eigenvalue weighted by Crippen LogP contribution is -2.50. The van der Waals surface area contributed by atoms with Crippen molar-refractivity contribution in [2.24, 2.45) is 0 Å². The fourth-order valence-electron chi connectivity index (χ4n) is 5.21. The third-order valence-electron chi connectivity index (χ3n) is 7.23. The summed E-state index contributed by atoms with van der Waals surface area (Å²) in [6.45, 7) is 3.53. The second kappa shape index (κ2) is 14.4. The van der Waals surface area contributed by atoms with Gasteiger partial charge in [-0.1, -0.05) is 19.3 Å². The van der Waals surface area contributed by atoms with Crippen molar-refractivity contribution in [3.8, 4) is 0 Å². The van der Waals surface area contributed by atoms with E-state index in [1.165, 1.54) is 19.3 Å². The molecule has 2 fully saturated rings. The van der Waals surface area contributed by atoms with Gasteiger partial charge in [-0.05, 0) is 62.9 Å². The summed E-state index contributed by atoms with van der Waals surface area (Å²) >= 11 is 0. The van der Waals surface area contributed by atoms with Crippen LogP contribution in [0.3, 0.4) is 0 Å². The van der Waals surface area contributed by atoms with Crippen molar-refractivity contribution in [3.63, 3.8) is 0 Å². The van der Waals surface area contributed by atoms with Gasteiger partial charge in [-0.3, -0.25) is 18.2 Å². The van der Waals surface area contributed by atoms with Crippen molar-refractivity contribution in [3.05, 3.63) is 47.9 Å². The van der Waals surface area contributed by atoms with Crippen LogP contribution in [0.25, 0.3) is 0 Å². The molecule has 214 valence electrons. The van der Waals surface area contributed by atoms with Crippen molar-refractivity contribution in [2.75, 3.05) is 35.0 Å². The monoisotopic (exact) mass is 570 g/mol. The van der Waals surface area contributed by atoms with E-state index in [0.29, 0.717) is 54.9 Å². The number of benzene rings is 1. The highest BCUT2D eigenvalue weighted by Crippen LogP contribution is 2.50. The van der Waals surface area contributed by atoms with Crippen molar-refractivity contribution in [2.45, 2.75) is 76.5 Å². The molecular formula is C27H43ClN4O5S. The van der Waals surface area contributed by atoms with Crippen molar-refractivity contribution in [1.82, 2.24) is 10.6 Å². The molecule has 2 aromatic rings. The summed E-state index contributed by atoms with van der Waals surface area (Å²) in [5.41, 5.74) is 1.73. The highest BCUT2D eigenvalue weighted by Gasteiger charge is 2.29. The molecule has 38 heavy (non-hydrogen) atoms. The van der Waals surface area contributed by atoms with Gasteiger partial charge in [0.25, 0.3) is 5.91 Å². The predicted octanol–water partition coefficient (Wildman–Crippen LogP) is 5.02. The third-order valence-corrected chi connectivity index (χ3v) is 9.17. The Hall–Kier alpha value is -1.95. The lowest BCUT2D eigenvalue weighted by molar-refractivity contribution is 0.0814. The molecule has 1 aromatic heterocycles. The summed E-state index contributed by atoms with van der Waals surface area (Å²) in [4.78, 5) is 13.5. The first-order valence-electron chi connectivity index (χ1n) is 13.5. The fourth-order valence-corrected chi connectivity index (χ4v) is 6.89. The highest BCUT2D eigenvalue weighted by atomic mass is 35.5. The normalized spacial score (nSPS) is 20.2. The zero-order chi connectivity index (χ0) is 26.3. The Labute approximate surface area is 233 Å². The topological polar surface area (TPSA) is 130 Å². The molecule has 1 aromatic carbocycles. The van der Waals surface area contributed by atoms with E-state index in [2.05, 4.69) is 16.0 Å². The maximum atomic E-state index is 13.5. The number of nitrogens with zero attached hydrogens (tertiary/aromatic N) is 1. The SMILES string of the molecule is CCNc1cc(C(=O)N[C@@H](Cc2ccco2)[C@@H](O)CNC2CCCCC2)cc(N2CCCCS2(O)O)c1.Cl. The van der Waals surface area contributed by atoms with Gasteiger partial charge in [0.05, 0.1) is 29.8 Å². The molecular weight excluding hydrogens is 528 g/mol. The van der Waals surface area contributed by atoms with Gasteiger partial charge >= 0.3 is 0 Å². The smallest absolute Gasteiger partial charge is 0.251 e. The largest absolute Gasteiger partial charge is 0.469 e. The Balaban J connectivity index is 0.00000400. The summed E-state index contributed by atoms with van der Waals surface area (Å²) in [5.74, 6) is 0.680. The van der Waals surface area contributed by atoms with Gasteiger partial charge in [-0.15, -0.1) is 23.2 Å². The first-order valence-corrected chi connectivity index (χ1v) is 15.2. The van der Waals surface area contributed by atoms with E-state index in [1.54, 1.807) is 28.8 Å². The number of anilines is 2. The lowest BCUT2D eigenvalue weighted by Gasteiger charge is -2.47. The molecule has 1 aliphatic heterocycles. The van der Waals surface area contributed by atoms with Crippen molar-refractivity contribution >= 4 is 40.5 Å². The number of carbonyl (C=O) groups excluding carboxylic acids is 1. The van der Waals surface area contributed by atoms with E-state index < -0.39 is 22.9 Å². The fraction of sp³-hybridized carbons (Fsp3) is 0.593. The van der Waals surface area contributed by atoms with Gasteiger partial charge in [0.15, 0.2) is 0 Å². The number of halogens is 1. The Morgan fingerprint density at radius 3 is 2.63 bits per heavy atom. The summed E-state index contributed by atoms with van der Waals surface area (Å²) in [6, 6.07) is 8.78. The van der Waals surface area contributed by atoms with Gasteiger partial charge < -0.3 is 25.5 Å². The summed E-state index contributed by atoms with van der Waals surface area (Å²) in [6.07, 6.45) is 8.64. The minimum Gasteiger partial charge on any atom is -0.469 e. The molecule has 0 unspecified atom stereocenters. The Bertz CT molecular complexity index is 1000. The maximum Gasteiger partial charge on any atom is 0.251 e. The zero-order valence-electron chi connectivity index (χ0n) is 22.1. The average Bonchev–Trinajstić information content (AvgIpc) is 3.40. The van der Waals surface area contributed by atoms with E-state index in [4.69, 9.17) is 4.42 Å². The standard InChI is InChI=1S/C27H42N4O5S.ClH/c1-2-28-22-15-20(16-23(17-22)31-12-6-7-14-37(31,34)35)27(33)30-25(18-24-11-8-13-36-24)26(32)19-29-21-9-4-3-5-10-21;/h8,11,13,15-17,21,25-26,28-29,32,34-35H,2-7,9-10,12,14,18-19H2,1H3,(H,30,33);1H/t25-,26-;/m0./s1. The van der Waals surface area contributed by atoms with Crippen LogP contribution < -0.4 is 20.3 Å². The second-order valence-electron chi connectivity index (χ2n) is 10.1. The van der Waals surface area contributed by atoms with Crippen LogP contribution in [-0.4, -0.2) is 63.7 Å². The van der Waals surface area contributed by atoms with Gasteiger partial charge in [-0.25, -0.2) is 0 Å². The molecule has 2 heterocycles. The van der Waals surface area contributed by atoms with Crippen LogP contribution in [0, 0.1) is 0 Å². The van der Waals surface area contributed by atoms with Crippen LogP contribution in [-0.2, 0) is 6.42 Å². The molecule has 0 radical (unpaired) electrons. The maximum absolute atomic E-state index is 13.5. The summed E-state index contributed by atoms with van der Waals surface area (Å²) in [5, 5.41) is 20.8. The number of furan rings is 1. The molecule has 9 nitrogen and oxygen atoms in total. The number of rotatable bonds is 11. The van der Waals surface area contributed by atoms with Crippen LogP contribution in [0.2, 0.25) is 0 Å². The third kappa shape index (κ3) is 8.27. The van der Waals surface area contributed by atoms with Crippen LogP contribution in [0.5, 0.6) is 0 Å². The van der Waals surface area contributed by atoms with Crippen LogP contribution in [0.4, 0.5) is 11.4 Å². The van der Waals surface area contributed by atoms with Gasteiger partial charge in [0.1, 0.15) is 5.76 Å². The van der Waals surface area contributed by atoms with Gasteiger partial charge in [0, 0.05) is 43.3 Å². The van der Waals surface area contributed by atoms with Gasteiger partial charge in [-0.2, -0.15) is 0 Å². The molecule has 4 rings (SSSR count). The molecule has 1 aliphatic carbocycles. The Kier molecular flexibility index (Phi) is 11.6. The summed E-state index contributed by atoms with van der Waals surface area (Å²) in [7, 11) is -2.93. The molecule has 2 atom stereocenters. The average molecular weight is 571 g/mol. The molecule has 0 bridgehead atoms. The lowest BCUT2D eigenvalue weighted by atomic mass is 9.95. The minimum atomic E-state index is -2.93. The van der Waals surface area contributed by atoms with Crippen molar-refractivity contribution in [1.29, 1.82) is 0 Å².